The zero-order valence-electron chi connectivity index (χ0n) is 13.4. The molecular weight excluding hydrogens is 374 g/mol. The fourth-order valence-electron chi connectivity index (χ4n) is 3.21. The van der Waals surface area contributed by atoms with Crippen molar-refractivity contribution in [2.45, 2.75) is 43.8 Å². The second kappa shape index (κ2) is 6.69. The molecule has 0 unspecified atom stereocenters. The first-order valence-corrected chi connectivity index (χ1v) is 9.18. The van der Waals surface area contributed by atoms with E-state index in [1.54, 1.807) is 0 Å². The van der Waals surface area contributed by atoms with Crippen molar-refractivity contribution in [2.75, 3.05) is 6.54 Å². The minimum atomic E-state index is -4.87. The molecule has 3 heterocycles. The normalized spacial score (nSPS) is 28.1. The molecule has 3 aliphatic heterocycles. The molecule has 0 aromatic rings. The summed E-state index contributed by atoms with van der Waals surface area (Å²) in [5.41, 5.74) is 4.39. The molecule has 2 bridgehead atoms. The third kappa shape index (κ3) is 3.71. The Morgan fingerprint density at radius 3 is 2.46 bits per heavy atom. The average Bonchev–Trinajstić information content (AvgIpc) is 3.09. The van der Waals surface area contributed by atoms with E-state index in [9.17, 15) is 27.6 Å². The summed E-state index contributed by atoms with van der Waals surface area (Å²) < 4.78 is 34.7. The van der Waals surface area contributed by atoms with Crippen LogP contribution in [-0.2, 0) is 29.1 Å². The topological polar surface area (TPSA) is 174 Å². The van der Waals surface area contributed by atoms with Gasteiger partial charge in [0.1, 0.15) is 12.1 Å². The van der Waals surface area contributed by atoms with E-state index in [1.165, 1.54) is 0 Å². The molecule has 3 rings (SSSR count). The Morgan fingerprint density at radius 2 is 1.85 bits per heavy atom. The Balaban J connectivity index is 1.57. The fourth-order valence-corrected chi connectivity index (χ4v) is 3.60. The number of hydroxylamine groups is 2. The summed E-state index contributed by atoms with van der Waals surface area (Å²) in [6, 6.07) is -3.16. The predicted octanol–water partition coefficient (Wildman–Crippen LogP) is -2.58. The van der Waals surface area contributed by atoms with Crippen LogP contribution in [0, 0.1) is 0 Å². The van der Waals surface area contributed by atoms with Crippen molar-refractivity contribution < 1.29 is 36.4 Å². The largest absolute Gasteiger partial charge is 0.418 e. The molecule has 3 saturated heterocycles. The van der Waals surface area contributed by atoms with Crippen LogP contribution in [0.4, 0.5) is 4.79 Å². The first kappa shape index (κ1) is 18.3. The van der Waals surface area contributed by atoms with E-state index >= 15 is 0 Å². The zero-order chi connectivity index (χ0) is 19.1. The van der Waals surface area contributed by atoms with Crippen LogP contribution in [0.1, 0.15) is 25.7 Å². The zero-order valence-corrected chi connectivity index (χ0v) is 14.2. The van der Waals surface area contributed by atoms with E-state index in [0.717, 1.165) is 4.90 Å². The van der Waals surface area contributed by atoms with Crippen molar-refractivity contribution in [3.05, 3.63) is 0 Å². The summed E-state index contributed by atoms with van der Waals surface area (Å²) in [6.07, 6.45) is 1.02. The number of amides is 5. The van der Waals surface area contributed by atoms with Crippen molar-refractivity contribution >= 4 is 34.2 Å². The van der Waals surface area contributed by atoms with Gasteiger partial charge < -0.3 is 10.2 Å². The van der Waals surface area contributed by atoms with Gasteiger partial charge in [-0.05, 0) is 19.3 Å². The van der Waals surface area contributed by atoms with Gasteiger partial charge in [-0.25, -0.2) is 4.79 Å². The maximum atomic E-state index is 12.3. The molecule has 13 nitrogen and oxygen atoms in total. The van der Waals surface area contributed by atoms with Gasteiger partial charge in [0, 0.05) is 13.0 Å². The highest BCUT2D eigenvalue weighted by atomic mass is 32.3. The lowest BCUT2D eigenvalue weighted by Crippen LogP contribution is -2.56. The van der Waals surface area contributed by atoms with E-state index < -0.39 is 46.4 Å². The van der Waals surface area contributed by atoms with Crippen LogP contribution in [0.3, 0.4) is 0 Å². The van der Waals surface area contributed by atoms with E-state index in [1.807, 2.05) is 0 Å². The molecular formula is C12H17N5O8S. The number of hydrogen-bond acceptors (Lipinski definition) is 7. The van der Waals surface area contributed by atoms with Crippen molar-refractivity contribution in [3.63, 3.8) is 0 Å². The minimum absolute atomic E-state index is 0.0407. The van der Waals surface area contributed by atoms with Gasteiger partial charge in [0.2, 0.25) is 5.91 Å². The lowest BCUT2D eigenvalue weighted by molar-refractivity contribution is -0.133. The summed E-state index contributed by atoms with van der Waals surface area (Å²) in [5.74, 6) is -1.50. The molecule has 0 radical (unpaired) electrons. The molecule has 14 heteroatoms. The third-order valence-corrected chi connectivity index (χ3v) is 4.77. The van der Waals surface area contributed by atoms with Crippen molar-refractivity contribution in [1.29, 1.82) is 0 Å². The lowest BCUT2D eigenvalue weighted by Gasteiger charge is -2.29. The Labute approximate surface area is 147 Å². The molecule has 3 aliphatic rings. The van der Waals surface area contributed by atoms with Gasteiger partial charge in [0.05, 0.1) is 6.04 Å². The van der Waals surface area contributed by atoms with Crippen LogP contribution >= 0.6 is 0 Å². The number of piperidine rings is 1. The molecule has 5 amide bonds. The number of hydrazine groups is 1. The Bertz CT molecular complexity index is 755. The predicted molar refractivity (Wildman–Crippen MR) is 80.8 cm³/mol. The summed E-state index contributed by atoms with van der Waals surface area (Å²) in [4.78, 5) is 48.5. The Morgan fingerprint density at radius 1 is 1.15 bits per heavy atom. The standard InChI is InChI=1S/C12H17N5O8S/c18-9-4-2-7(13-9)10(19)14-15-11(20)8-3-1-6-5-16(8)12(21)17(6)25-26(22,23)24/h6-8H,1-5H2,(H,13,18)(H,14,19)(H,15,20)(H,22,23,24)/t6-,7+,8-/m1/s1. The molecule has 0 saturated carbocycles. The second-order valence-corrected chi connectivity index (χ2v) is 7.15. The van der Waals surface area contributed by atoms with Crippen molar-refractivity contribution in [3.8, 4) is 0 Å². The molecule has 26 heavy (non-hydrogen) atoms. The Kier molecular flexibility index (Phi) is 4.72. The van der Waals surface area contributed by atoms with Gasteiger partial charge >= 0.3 is 16.4 Å². The van der Waals surface area contributed by atoms with Gasteiger partial charge in [-0.2, -0.15) is 13.5 Å². The lowest BCUT2D eigenvalue weighted by atomic mass is 10.0. The highest BCUT2D eigenvalue weighted by Gasteiger charge is 2.49. The number of carbonyl (C=O) groups is 4. The summed E-state index contributed by atoms with van der Waals surface area (Å²) in [5, 5.41) is 2.97. The van der Waals surface area contributed by atoms with Gasteiger partial charge in [-0.3, -0.25) is 29.8 Å². The summed E-state index contributed by atoms with van der Waals surface area (Å²) >= 11 is 0. The van der Waals surface area contributed by atoms with Gasteiger partial charge in [0.25, 0.3) is 11.8 Å². The number of urea groups is 1. The van der Waals surface area contributed by atoms with Gasteiger partial charge in [-0.15, -0.1) is 4.28 Å². The number of nitrogens with zero attached hydrogens (tertiary/aromatic N) is 2. The van der Waals surface area contributed by atoms with Crippen LogP contribution in [0.5, 0.6) is 0 Å². The van der Waals surface area contributed by atoms with E-state index in [-0.39, 0.29) is 31.7 Å². The molecule has 0 aliphatic carbocycles. The van der Waals surface area contributed by atoms with E-state index in [2.05, 4.69) is 20.5 Å². The first-order valence-electron chi connectivity index (χ1n) is 7.81. The van der Waals surface area contributed by atoms with Crippen molar-refractivity contribution in [1.82, 2.24) is 26.1 Å². The summed E-state index contributed by atoms with van der Waals surface area (Å²) in [6.45, 7) is 0.0407. The molecule has 4 N–H and O–H groups in total. The van der Waals surface area contributed by atoms with E-state index in [4.69, 9.17) is 4.55 Å². The minimum Gasteiger partial charge on any atom is -0.344 e. The first-order chi connectivity index (χ1) is 12.2. The highest BCUT2D eigenvalue weighted by Crippen LogP contribution is 2.30. The van der Waals surface area contributed by atoms with Gasteiger partial charge in [-0.1, -0.05) is 0 Å². The van der Waals surface area contributed by atoms with Crippen LogP contribution in [0.2, 0.25) is 0 Å². The number of nitrogens with one attached hydrogen (secondary N) is 3. The quantitative estimate of drug-likeness (QED) is 0.298. The number of hydrogen-bond donors (Lipinski definition) is 4. The highest BCUT2D eigenvalue weighted by molar-refractivity contribution is 7.80. The molecule has 144 valence electrons. The molecule has 0 spiro atoms. The maximum Gasteiger partial charge on any atom is 0.418 e. The fraction of sp³-hybridized carbons (Fsp3) is 0.667. The Hall–Kier alpha value is -2.45. The molecule has 3 fully saturated rings. The smallest absolute Gasteiger partial charge is 0.344 e. The summed E-state index contributed by atoms with van der Waals surface area (Å²) in [7, 11) is -4.87. The average molecular weight is 391 g/mol. The van der Waals surface area contributed by atoms with Crippen LogP contribution in [0.25, 0.3) is 0 Å². The van der Waals surface area contributed by atoms with Crippen LogP contribution in [0.15, 0.2) is 0 Å². The van der Waals surface area contributed by atoms with Crippen LogP contribution < -0.4 is 16.2 Å². The van der Waals surface area contributed by atoms with E-state index in [0.29, 0.717) is 11.5 Å². The van der Waals surface area contributed by atoms with Gasteiger partial charge in [0.15, 0.2) is 0 Å². The van der Waals surface area contributed by atoms with Crippen molar-refractivity contribution in [2.24, 2.45) is 0 Å². The molecule has 0 aromatic carbocycles. The number of carbonyl (C=O) groups excluding carboxylic acids is 4. The van der Waals surface area contributed by atoms with Crippen LogP contribution in [-0.4, -0.2) is 71.4 Å². The maximum absolute atomic E-state index is 12.3. The molecule has 3 atom stereocenters. The number of fused-ring (bicyclic) bond motifs is 2. The third-order valence-electron chi connectivity index (χ3n) is 4.42. The monoisotopic (exact) mass is 391 g/mol. The SMILES string of the molecule is O=C1CC[C@@H](C(=O)NNC(=O)[C@H]2CC[C@@H]3CN2C(=O)N3OS(=O)(=O)O)N1. The molecule has 0 aromatic heterocycles. The number of rotatable bonds is 4. The second-order valence-electron chi connectivity index (χ2n) is 6.15.